The lowest BCUT2D eigenvalue weighted by Gasteiger charge is -2.15. The van der Waals surface area contributed by atoms with Crippen LogP contribution in [0.25, 0.3) is 0 Å². The fourth-order valence-electron chi connectivity index (χ4n) is 2.70. The third-order valence-electron chi connectivity index (χ3n) is 4.04. The topological polar surface area (TPSA) is 103 Å². The second-order valence-electron chi connectivity index (χ2n) is 5.97. The molecule has 1 aliphatic rings. The van der Waals surface area contributed by atoms with E-state index in [2.05, 4.69) is 10.3 Å². The number of ketones is 1. The number of hydrogen-bond acceptors (Lipinski definition) is 6. The van der Waals surface area contributed by atoms with Crippen LogP contribution in [0.2, 0.25) is 0 Å². The third kappa shape index (κ3) is 4.27. The van der Waals surface area contributed by atoms with Crippen LogP contribution in [-0.2, 0) is 9.59 Å². The number of amides is 2. The summed E-state index contributed by atoms with van der Waals surface area (Å²) in [6, 6.07) is 15.3. The smallest absolute Gasteiger partial charge is 0.247 e. The number of para-hydroxylation sites is 1. The number of benzene rings is 2. The first-order valence-corrected chi connectivity index (χ1v) is 9.31. The highest BCUT2D eigenvalue weighted by molar-refractivity contribution is 8.15. The number of rotatable bonds is 4. The highest BCUT2D eigenvalue weighted by atomic mass is 32.2. The van der Waals surface area contributed by atoms with Crippen LogP contribution in [0.15, 0.2) is 59.6 Å². The van der Waals surface area contributed by atoms with Gasteiger partial charge in [-0.15, -0.1) is 0 Å². The van der Waals surface area contributed by atoms with Gasteiger partial charge < -0.3 is 0 Å². The molecule has 0 spiro atoms. The number of aliphatic imine (C=N–C) groups is 1. The summed E-state index contributed by atoms with van der Waals surface area (Å²) in [5.74, 6) is -0.816. The van der Waals surface area contributed by atoms with Crippen molar-refractivity contribution in [2.45, 2.75) is 18.6 Å². The molecule has 0 unspecified atom stereocenters. The van der Waals surface area contributed by atoms with E-state index in [1.165, 1.54) is 6.92 Å². The normalized spacial score (nSPS) is 16.8. The molecule has 2 aromatic rings. The van der Waals surface area contributed by atoms with Crippen molar-refractivity contribution < 1.29 is 14.4 Å². The van der Waals surface area contributed by atoms with Crippen LogP contribution >= 0.6 is 11.8 Å². The molecule has 1 saturated heterocycles. The molecule has 0 bridgehead atoms. The van der Waals surface area contributed by atoms with Crippen molar-refractivity contribution in [1.82, 2.24) is 5.32 Å². The molecule has 7 nitrogen and oxygen atoms in total. The highest BCUT2D eigenvalue weighted by Crippen LogP contribution is 2.31. The summed E-state index contributed by atoms with van der Waals surface area (Å²) in [5, 5.41) is 11.0. The Hall–Kier alpha value is -3.44. The largest absolute Gasteiger partial charge is 0.295 e. The third-order valence-corrected chi connectivity index (χ3v) is 5.11. The Morgan fingerprint density at radius 3 is 2.46 bits per heavy atom. The zero-order chi connectivity index (χ0) is 20.1. The molecule has 1 atom stereocenters. The second-order valence-corrected chi connectivity index (χ2v) is 7.16. The van der Waals surface area contributed by atoms with Crippen LogP contribution in [0, 0.1) is 11.5 Å². The zero-order valence-electron chi connectivity index (χ0n) is 15.0. The van der Waals surface area contributed by atoms with E-state index in [0.29, 0.717) is 16.9 Å². The summed E-state index contributed by atoms with van der Waals surface area (Å²) < 4.78 is 0. The van der Waals surface area contributed by atoms with Crippen LogP contribution < -0.4 is 10.2 Å². The van der Waals surface area contributed by atoms with Crippen molar-refractivity contribution in [3.8, 4) is 6.19 Å². The molecule has 28 heavy (non-hydrogen) atoms. The van der Waals surface area contributed by atoms with Crippen molar-refractivity contribution in [1.29, 1.82) is 5.26 Å². The molecule has 1 aliphatic heterocycles. The number of imide groups is 1. The second kappa shape index (κ2) is 8.50. The first kappa shape index (κ1) is 19.3. The minimum atomic E-state index is -0.691. The Balaban J connectivity index is 1.79. The Labute approximate surface area is 166 Å². The van der Waals surface area contributed by atoms with Gasteiger partial charge in [0.2, 0.25) is 11.8 Å². The van der Waals surface area contributed by atoms with Gasteiger partial charge in [0.05, 0.1) is 11.4 Å². The van der Waals surface area contributed by atoms with Crippen LogP contribution in [0.3, 0.4) is 0 Å². The number of nitrogens with one attached hydrogen (secondary N) is 1. The Morgan fingerprint density at radius 1 is 1.18 bits per heavy atom. The maximum Gasteiger partial charge on any atom is 0.247 e. The van der Waals surface area contributed by atoms with Crippen molar-refractivity contribution >= 4 is 45.9 Å². The number of thioether (sulfide) groups is 1. The number of hydrogen-bond donors (Lipinski definition) is 1. The van der Waals surface area contributed by atoms with E-state index in [1.807, 2.05) is 18.2 Å². The molecular formula is C20H16N4O3S. The Kier molecular flexibility index (Phi) is 5.87. The molecule has 1 heterocycles. The molecule has 0 aliphatic carbocycles. The predicted octanol–water partition coefficient (Wildman–Crippen LogP) is 3.01. The van der Waals surface area contributed by atoms with Gasteiger partial charge >= 0.3 is 0 Å². The molecule has 2 amide bonds. The molecule has 0 saturated carbocycles. The van der Waals surface area contributed by atoms with Crippen LogP contribution in [0.5, 0.6) is 0 Å². The molecule has 140 valence electrons. The maximum absolute atomic E-state index is 12.8. The molecule has 2 aromatic carbocycles. The fraction of sp³-hybridized carbons (Fsp3) is 0.150. The first-order valence-electron chi connectivity index (χ1n) is 8.43. The number of carbonyl (C=O) groups is 3. The molecule has 0 radical (unpaired) electrons. The van der Waals surface area contributed by atoms with Gasteiger partial charge in [-0.25, -0.2) is 9.89 Å². The van der Waals surface area contributed by atoms with Crippen molar-refractivity contribution in [3.63, 3.8) is 0 Å². The molecule has 3 rings (SSSR count). The number of nitriles is 1. The Morgan fingerprint density at radius 2 is 1.86 bits per heavy atom. The summed E-state index contributed by atoms with van der Waals surface area (Å²) in [6.07, 6.45) is 1.80. The van der Waals surface area contributed by atoms with E-state index in [-0.39, 0.29) is 29.2 Å². The summed E-state index contributed by atoms with van der Waals surface area (Å²) in [6.45, 7) is 1.45. The lowest BCUT2D eigenvalue weighted by Crippen LogP contribution is -2.32. The Bertz CT molecular complexity index is 981. The van der Waals surface area contributed by atoms with Crippen molar-refractivity contribution in [3.05, 3.63) is 60.2 Å². The SMILES string of the molecule is CC(=O)c1ccc(N2C(=O)C[C@H](SC(=Nc3ccccc3)NC#N)C2=O)cc1. The number of Topliss-reactive ketones (excluding diaryl/α,β-unsaturated/α-hetero) is 1. The number of carbonyl (C=O) groups excluding carboxylic acids is 3. The zero-order valence-corrected chi connectivity index (χ0v) is 15.8. The minimum Gasteiger partial charge on any atom is -0.295 e. The lowest BCUT2D eigenvalue weighted by atomic mass is 10.1. The fourth-order valence-corrected chi connectivity index (χ4v) is 3.66. The molecule has 0 aromatic heterocycles. The van der Waals surface area contributed by atoms with E-state index in [1.54, 1.807) is 42.6 Å². The first-order chi connectivity index (χ1) is 13.5. The number of amidine groups is 1. The summed E-state index contributed by atoms with van der Waals surface area (Å²) >= 11 is 1.04. The summed E-state index contributed by atoms with van der Waals surface area (Å²) in [4.78, 5) is 42.0. The molecule has 8 heteroatoms. The average Bonchev–Trinajstić information content (AvgIpc) is 2.96. The van der Waals surface area contributed by atoms with E-state index in [0.717, 1.165) is 16.7 Å². The van der Waals surface area contributed by atoms with E-state index in [4.69, 9.17) is 5.26 Å². The monoisotopic (exact) mass is 392 g/mol. The van der Waals surface area contributed by atoms with Gasteiger partial charge in [0.15, 0.2) is 17.1 Å². The predicted molar refractivity (Wildman–Crippen MR) is 107 cm³/mol. The summed E-state index contributed by atoms with van der Waals surface area (Å²) in [5.41, 5.74) is 1.54. The van der Waals surface area contributed by atoms with E-state index < -0.39 is 5.25 Å². The van der Waals surface area contributed by atoms with Crippen LogP contribution in [0.1, 0.15) is 23.7 Å². The molecule has 1 N–H and O–H groups in total. The van der Waals surface area contributed by atoms with E-state index >= 15 is 0 Å². The van der Waals surface area contributed by atoms with Crippen LogP contribution in [0.4, 0.5) is 11.4 Å². The highest BCUT2D eigenvalue weighted by Gasteiger charge is 2.40. The lowest BCUT2D eigenvalue weighted by molar-refractivity contribution is -0.121. The number of nitrogens with zero attached hydrogens (tertiary/aromatic N) is 3. The number of anilines is 1. The van der Waals surface area contributed by atoms with Gasteiger partial charge in [-0.05, 0) is 43.3 Å². The van der Waals surface area contributed by atoms with Crippen molar-refractivity contribution in [2.24, 2.45) is 4.99 Å². The standard InChI is InChI=1S/C20H16N4O3S/c1-13(25)14-7-9-16(10-8-14)24-18(26)11-17(19(24)27)28-20(22-12-21)23-15-5-3-2-4-6-15/h2-10,17H,11H2,1H3,(H,22,23)/t17-/m0/s1. The quantitative estimate of drug-likeness (QED) is 0.214. The molecular weight excluding hydrogens is 376 g/mol. The minimum absolute atomic E-state index is 0.00111. The van der Waals surface area contributed by atoms with Gasteiger partial charge in [0.25, 0.3) is 0 Å². The van der Waals surface area contributed by atoms with Gasteiger partial charge in [0.1, 0.15) is 5.25 Å². The van der Waals surface area contributed by atoms with Crippen LogP contribution in [-0.4, -0.2) is 28.0 Å². The van der Waals surface area contributed by atoms with Crippen molar-refractivity contribution in [2.75, 3.05) is 4.90 Å². The van der Waals surface area contributed by atoms with Gasteiger partial charge in [-0.2, -0.15) is 5.26 Å². The van der Waals surface area contributed by atoms with Gasteiger partial charge in [-0.1, -0.05) is 30.0 Å². The maximum atomic E-state index is 12.8. The average molecular weight is 392 g/mol. The van der Waals surface area contributed by atoms with E-state index in [9.17, 15) is 14.4 Å². The van der Waals surface area contributed by atoms with Gasteiger partial charge in [0, 0.05) is 12.0 Å². The molecule has 1 fully saturated rings. The van der Waals surface area contributed by atoms with Gasteiger partial charge in [-0.3, -0.25) is 19.7 Å². The summed E-state index contributed by atoms with van der Waals surface area (Å²) in [7, 11) is 0.